The van der Waals surface area contributed by atoms with Crippen LogP contribution in [0, 0.1) is 12.7 Å². The van der Waals surface area contributed by atoms with Crippen LogP contribution in [0.1, 0.15) is 18.1 Å². The monoisotopic (exact) mass is 229 g/mol. The van der Waals surface area contributed by atoms with Gasteiger partial charge in [0.15, 0.2) is 0 Å². The molecule has 0 saturated heterocycles. The molecule has 2 aromatic rings. The second-order valence-electron chi connectivity index (χ2n) is 4.24. The van der Waals surface area contributed by atoms with Crippen LogP contribution in [0.15, 0.2) is 36.4 Å². The van der Waals surface area contributed by atoms with Gasteiger partial charge in [0.25, 0.3) is 0 Å². The zero-order valence-corrected chi connectivity index (χ0v) is 10.1. The van der Waals surface area contributed by atoms with E-state index in [9.17, 15) is 4.39 Å². The highest BCUT2D eigenvalue weighted by molar-refractivity contribution is 5.71. The van der Waals surface area contributed by atoms with Gasteiger partial charge in [0, 0.05) is 0 Å². The summed E-state index contributed by atoms with van der Waals surface area (Å²) in [6.07, 6.45) is 1.02. The Balaban J connectivity index is 2.48. The molecule has 0 aliphatic rings. The molecule has 0 fully saturated rings. The van der Waals surface area contributed by atoms with Crippen molar-refractivity contribution in [1.82, 2.24) is 0 Å². The van der Waals surface area contributed by atoms with Crippen molar-refractivity contribution in [3.8, 4) is 11.1 Å². The zero-order chi connectivity index (χ0) is 12.4. The van der Waals surface area contributed by atoms with E-state index in [1.165, 1.54) is 11.6 Å². The van der Waals surface area contributed by atoms with E-state index in [1.54, 1.807) is 6.07 Å². The van der Waals surface area contributed by atoms with E-state index in [2.05, 4.69) is 31.2 Å². The topological polar surface area (TPSA) is 26.0 Å². The van der Waals surface area contributed by atoms with Crippen LogP contribution in [0.4, 0.5) is 10.1 Å². The first-order valence-electron chi connectivity index (χ1n) is 5.76. The molecule has 0 atom stereocenters. The van der Waals surface area contributed by atoms with Crippen LogP contribution in [0.25, 0.3) is 11.1 Å². The molecule has 0 saturated carbocycles. The highest BCUT2D eigenvalue weighted by Gasteiger charge is 2.06. The van der Waals surface area contributed by atoms with Gasteiger partial charge in [-0.25, -0.2) is 4.39 Å². The Kier molecular flexibility index (Phi) is 3.14. The molecular weight excluding hydrogens is 213 g/mol. The first kappa shape index (κ1) is 11.6. The summed E-state index contributed by atoms with van der Waals surface area (Å²) in [5.41, 5.74) is 10.1. The average Bonchev–Trinajstić information content (AvgIpc) is 2.34. The number of hydrogen-bond acceptors (Lipinski definition) is 1. The second-order valence-corrected chi connectivity index (χ2v) is 4.24. The Bertz CT molecular complexity index is 529. The van der Waals surface area contributed by atoms with Gasteiger partial charge in [-0.2, -0.15) is 0 Å². The Labute approximate surface area is 101 Å². The summed E-state index contributed by atoms with van der Waals surface area (Å²) >= 11 is 0. The quantitative estimate of drug-likeness (QED) is 0.775. The van der Waals surface area contributed by atoms with Crippen molar-refractivity contribution in [2.75, 3.05) is 5.73 Å². The molecule has 0 spiro atoms. The Hall–Kier alpha value is -1.83. The molecule has 88 valence electrons. The lowest BCUT2D eigenvalue weighted by Gasteiger charge is -2.09. The Morgan fingerprint density at radius 2 is 1.76 bits per heavy atom. The van der Waals surface area contributed by atoms with E-state index in [0.29, 0.717) is 0 Å². The minimum atomic E-state index is -0.351. The van der Waals surface area contributed by atoms with E-state index < -0.39 is 0 Å². The van der Waals surface area contributed by atoms with Crippen LogP contribution >= 0.6 is 0 Å². The number of benzene rings is 2. The smallest absolute Gasteiger partial charge is 0.146 e. The van der Waals surface area contributed by atoms with E-state index in [1.807, 2.05) is 6.92 Å². The van der Waals surface area contributed by atoms with E-state index >= 15 is 0 Å². The molecule has 1 nitrogen and oxygen atoms in total. The Morgan fingerprint density at radius 3 is 2.35 bits per heavy atom. The lowest BCUT2D eigenvalue weighted by molar-refractivity contribution is 0.631. The van der Waals surface area contributed by atoms with Crippen molar-refractivity contribution >= 4 is 5.69 Å². The first-order valence-corrected chi connectivity index (χ1v) is 5.76. The van der Waals surface area contributed by atoms with Gasteiger partial charge in [0.1, 0.15) is 5.82 Å². The molecule has 0 aliphatic carbocycles. The van der Waals surface area contributed by atoms with Gasteiger partial charge in [0.2, 0.25) is 0 Å². The molecule has 2 rings (SSSR count). The van der Waals surface area contributed by atoms with Gasteiger partial charge in [-0.1, -0.05) is 31.2 Å². The van der Waals surface area contributed by atoms with Crippen molar-refractivity contribution in [2.45, 2.75) is 20.3 Å². The first-order chi connectivity index (χ1) is 8.11. The fourth-order valence-corrected chi connectivity index (χ4v) is 1.92. The van der Waals surface area contributed by atoms with Gasteiger partial charge in [0.05, 0.1) is 5.69 Å². The third-order valence-electron chi connectivity index (χ3n) is 3.02. The van der Waals surface area contributed by atoms with Crippen LogP contribution in [0.3, 0.4) is 0 Å². The fraction of sp³-hybridized carbons (Fsp3) is 0.200. The van der Waals surface area contributed by atoms with Gasteiger partial charge in [-0.3, -0.25) is 0 Å². The van der Waals surface area contributed by atoms with Crippen LogP contribution < -0.4 is 5.73 Å². The summed E-state index contributed by atoms with van der Waals surface area (Å²) < 4.78 is 13.3. The van der Waals surface area contributed by atoms with Crippen LogP contribution in [-0.4, -0.2) is 0 Å². The number of aryl methyl sites for hydroxylation is 2. The molecule has 0 radical (unpaired) electrons. The van der Waals surface area contributed by atoms with Gasteiger partial charge >= 0.3 is 0 Å². The van der Waals surface area contributed by atoms with Crippen molar-refractivity contribution in [3.05, 3.63) is 53.3 Å². The maximum absolute atomic E-state index is 13.3. The standard InChI is InChI=1S/C15H16FN/c1-3-11-4-6-12(7-5-11)13-9-15(17)14(16)8-10(13)2/h4-9H,3,17H2,1-2H3. The predicted octanol–water partition coefficient (Wildman–Crippen LogP) is 3.95. The number of anilines is 1. The van der Waals surface area contributed by atoms with Crippen LogP contribution in [0.5, 0.6) is 0 Å². The van der Waals surface area contributed by atoms with Crippen molar-refractivity contribution < 1.29 is 4.39 Å². The minimum absolute atomic E-state index is 0.199. The highest BCUT2D eigenvalue weighted by atomic mass is 19.1. The van der Waals surface area contributed by atoms with E-state index in [0.717, 1.165) is 23.1 Å². The van der Waals surface area contributed by atoms with Gasteiger partial charge < -0.3 is 5.73 Å². The lowest BCUT2D eigenvalue weighted by Crippen LogP contribution is -1.94. The average molecular weight is 229 g/mol. The number of hydrogen-bond donors (Lipinski definition) is 1. The molecule has 0 heterocycles. The molecule has 2 heteroatoms. The van der Waals surface area contributed by atoms with Crippen molar-refractivity contribution in [2.24, 2.45) is 0 Å². The highest BCUT2D eigenvalue weighted by Crippen LogP contribution is 2.27. The molecule has 17 heavy (non-hydrogen) atoms. The third kappa shape index (κ3) is 2.31. The predicted molar refractivity (Wildman–Crippen MR) is 70.4 cm³/mol. The van der Waals surface area contributed by atoms with Gasteiger partial charge in [-0.15, -0.1) is 0 Å². The summed E-state index contributed by atoms with van der Waals surface area (Å²) in [6.45, 7) is 4.02. The third-order valence-corrected chi connectivity index (χ3v) is 3.02. The van der Waals surface area contributed by atoms with E-state index in [-0.39, 0.29) is 11.5 Å². The van der Waals surface area contributed by atoms with Gasteiger partial charge in [-0.05, 0) is 47.7 Å². The normalized spacial score (nSPS) is 10.5. The van der Waals surface area contributed by atoms with Crippen LogP contribution in [0.2, 0.25) is 0 Å². The minimum Gasteiger partial charge on any atom is -0.396 e. The number of rotatable bonds is 2. The zero-order valence-electron chi connectivity index (χ0n) is 10.1. The van der Waals surface area contributed by atoms with Crippen LogP contribution in [-0.2, 0) is 6.42 Å². The maximum atomic E-state index is 13.3. The molecule has 0 aromatic heterocycles. The van der Waals surface area contributed by atoms with Crippen molar-refractivity contribution in [1.29, 1.82) is 0 Å². The SMILES string of the molecule is CCc1ccc(-c2cc(N)c(F)cc2C)cc1. The molecule has 2 aromatic carbocycles. The number of halogens is 1. The summed E-state index contributed by atoms with van der Waals surface area (Å²) in [4.78, 5) is 0. The number of nitrogens with two attached hydrogens (primary N) is 1. The summed E-state index contributed by atoms with van der Waals surface area (Å²) in [5.74, 6) is -0.351. The second kappa shape index (κ2) is 4.58. The van der Waals surface area contributed by atoms with E-state index in [4.69, 9.17) is 5.73 Å². The fourth-order valence-electron chi connectivity index (χ4n) is 1.92. The molecule has 0 unspecified atom stereocenters. The largest absolute Gasteiger partial charge is 0.396 e. The molecule has 0 bridgehead atoms. The van der Waals surface area contributed by atoms with Crippen molar-refractivity contribution in [3.63, 3.8) is 0 Å². The molecule has 0 amide bonds. The molecule has 2 N–H and O–H groups in total. The summed E-state index contributed by atoms with van der Waals surface area (Å²) in [6, 6.07) is 11.5. The summed E-state index contributed by atoms with van der Waals surface area (Å²) in [5, 5.41) is 0. The molecule has 0 aliphatic heterocycles. The Morgan fingerprint density at radius 1 is 1.12 bits per heavy atom. The maximum Gasteiger partial charge on any atom is 0.146 e. The number of nitrogen functional groups attached to an aromatic ring is 1. The lowest BCUT2D eigenvalue weighted by atomic mass is 9.98. The summed E-state index contributed by atoms with van der Waals surface area (Å²) in [7, 11) is 0. The molecular formula is C15H16FN.